The van der Waals surface area contributed by atoms with E-state index >= 15 is 0 Å². The van der Waals surface area contributed by atoms with Gasteiger partial charge in [0.15, 0.2) is 0 Å². The number of amides is 2. The number of nitrogens with one attached hydrogen (secondary N) is 2. The third kappa shape index (κ3) is 5.77. The molecule has 1 saturated carbocycles. The molecule has 1 aliphatic carbocycles. The molecule has 0 spiro atoms. The van der Waals surface area contributed by atoms with Crippen LogP contribution in [0.3, 0.4) is 0 Å². The van der Waals surface area contributed by atoms with E-state index in [0.717, 1.165) is 24.8 Å². The lowest BCUT2D eigenvalue weighted by molar-refractivity contribution is -0.122. The van der Waals surface area contributed by atoms with Crippen LogP contribution in [0, 0.1) is 0 Å². The van der Waals surface area contributed by atoms with Crippen molar-refractivity contribution in [2.45, 2.75) is 50.7 Å². The molecule has 2 amide bonds. The Morgan fingerprint density at radius 3 is 2.56 bits per heavy atom. The van der Waals surface area contributed by atoms with Crippen molar-refractivity contribution in [2.24, 2.45) is 5.73 Å². The van der Waals surface area contributed by atoms with Crippen LogP contribution in [-0.4, -0.2) is 32.1 Å². The van der Waals surface area contributed by atoms with Crippen molar-refractivity contribution in [3.63, 3.8) is 0 Å². The van der Waals surface area contributed by atoms with E-state index in [1.165, 1.54) is 11.0 Å². The van der Waals surface area contributed by atoms with Gasteiger partial charge in [-0.25, -0.2) is 9.67 Å². The predicted octanol–water partition coefficient (Wildman–Crippen LogP) is 1.62. The highest BCUT2D eigenvalue weighted by atomic mass is 35.5. The third-order valence-electron chi connectivity index (χ3n) is 4.60. The topological polar surface area (TPSA) is 115 Å². The van der Waals surface area contributed by atoms with Crippen LogP contribution in [0.4, 0.5) is 5.95 Å². The number of hydrogen-bond acceptors (Lipinski definition) is 5. The van der Waals surface area contributed by atoms with E-state index in [4.69, 9.17) is 5.73 Å². The fourth-order valence-corrected chi connectivity index (χ4v) is 3.06. The number of nitrogens with zero attached hydrogens (tertiary/aromatic N) is 3. The predicted molar refractivity (Wildman–Crippen MR) is 104 cm³/mol. The molecular weight excluding hydrogens is 368 g/mol. The Balaban J connectivity index is 0.00000261. The summed E-state index contributed by atoms with van der Waals surface area (Å²) in [5.74, 6) is -0.274. The van der Waals surface area contributed by atoms with Crippen molar-refractivity contribution < 1.29 is 9.59 Å². The fourth-order valence-electron chi connectivity index (χ4n) is 3.06. The minimum absolute atomic E-state index is 0. The van der Waals surface area contributed by atoms with Crippen molar-refractivity contribution >= 4 is 30.2 Å². The molecule has 0 atom stereocenters. The second-order valence-electron chi connectivity index (χ2n) is 6.70. The quantitative estimate of drug-likeness (QED) is 0.690. The minimum Gasteiger partial charge on any atom is -0.350 e. The highest BCUT2D eigenvalue weighted by molar-refractivity contribution is 5.96. The number of aromatic nitrogens is 3. The number of benzene rings is 1. The van der Waals surface area contributed by atoms with E-state index < -0.39 is 5.54 Å². The fraction of sp³-hybridized carbons (Fsp3) is 0.444. The lowest BCUT2D eigenvalue weighted by Crippen LogP contribution is -2.52. The zero-order chi connectivity index (χ0) is 18.4. The van der Waals surface area contributed by atoms with E-state index in [9.17, 15) is 9.59 Å². The van der Waals surface area contributed by atoms with Gasteiger partial charge in [0.25, 0.3) is 0 Å². The number of carbonyl (C=O) groups is 2. The average Bonchev–Trinajstić information content (AvgIpc) is 3.08. The summed E-state index contributed by atoms with van der Waals surface area (Å²) in [5, 5.41) is 9.61. The molecule has 0 aliphatic heterocycles. The van der Waals surface area contributed by atoms with Gasteiger partial charge in [0.05, 0.1) is 5.54 Å². The summed E-state index contributed by atoms with van der Waals surface area (Å²) in [6, 6.07) is 9.65. The second kappa shape index (κ2) is 9.48. The molecule has 27 heavy (non-hydrogen) atoms. The minimum atomic E-state index is -0.850. The molecule has 0 radical (unpaired) electrons. The van der Waals surface area contributed by atoms with Gasteiger partial charge in [0.2, 0.25) is 17.8 Å². The van der Waals surface area contributed by atoms with E-state index in [0.29, 0.717) is 19.4 Å². The van der Waals surface area contributed by atoms with Crippen LogP contribution in [-0.2, 0) is 22.7 Å². The molecule has 3 rings (SSSR count). The summed E-state index contributed by atoms with van der Waals surface area (Å²) in [5.41, 5.74) is 6.37. The Bertz CT molecular complexity index is 758. The Morgan fingerprint density at radius 2 is 1.85 bits per heavy atom. The van der Waals surface area contributed by atoms with Crippen molar-refractivity contribution in [3.8, 4) is 0 Å². The smallest absolute Gasteiger partial charge is 0.248 e. The second-order valence-corrected chi connectivity index (χ2v) is 6.70. The van der Waals surface area contributed by atoms with Crippen LogP contribution < -0.4 is 16.4 Å². The van der Waals surface area contributed by atoms with Gasteiger partial charge in [-0.3, -0.25) is 14.9 Å². The van der Waals surface area contributed by atoms with Gasteiger partial charge in [-0.05, 0) is 18.4 Å². The van der Waals surface area contributed by atoms with E-state index in [-0.39, 0.29) is 36.7 Å². The molecule has 1 aliphatic rings. The number of hydrogen-bond donors (Lipinski definition) is 3. The number of nitrogens with two attached hydrogens (primary N) is 1. The molecule has 1 heterocycles. The molecule has 1 fully saturated rings. The normalized spacial score (nSPS) is 15.4. The molecule has 2 aromatic rings. The van der Waals surface area contributed by atoms with Crippen LogP contribution in [0.15, 0.2) is 36.7 Å². The van der Waals surface area contributed by atoms with Crippen molar-refractivity contribution in [1.82, 2.24) is 20.1 Å². The maximum atomic E-state index is 12.4. The van der Waals surface area contributed by atoms with Crippen LogP contribution in [0.2, 0.25) is 0 Å². The first-order valence-corrected chi connectivity index (χ1v) is 8.86. The highest BCUT2D eigenvalue weighted by Crippen LogP contribution is 2.26. The molecule has 0 bridgehead atoms. The van der Waals surface area contributed by atoms with Gasteiger partial charge in [-0.2, -0.15) is 0 Å². The number of halogens is 1. The Kier molecular flexibility index (Phi) is 7.32. The highest BCUT2D eigenvalue weighted by Gasteiger charge is 2.35. The summed E-state index contributed by atoms with van der Waals surface area (Å²) < 4.78 is 1.39. The summed E-state index contributed by atoms with van der Waals surface area (Å²) in [7, 11) is 0. The van der Waals surface area contributed by atoms with Gasteiger partial charge in [0.1, 0.15) is 12.9 Å². The first-order valence-electron chi connectivity index (χ1n) is 8.86. The molecule has 0 unspecified atom stereocenters. The Morgan fingerprint density at radius 1 is 1.15 bits per heavy atom. The Hall–Kier alpha value is -2.45. The van der Waals surface area contributed by atoms with Crippen LogP contribution in [0.25, 0.3) is 0 Å². The monoisotopic (exact) mass is 392 g/mol. The molecule has 1 aromatic heterocycles. The van der Waals surface area contributed by atoms with Gasteiger partial charge in [-0.1, -0.05) is 49.6 Å². The summed E-state index contributed by atoms with van der Waals surface area (Å²) >= 11 is 0. The molecular formula is C18H25ClN6O2. The summed E-state index contributed by atoms with van der Waals surface area (Å²) in [6.45, 7) is 0.483. The number of carbonyl (C=O) groups excluding carboxylic acids is 2. The molecule has 4 N–H and O–H groups in total. The first-order chi connectivity index (χ1) is 12.5. The molecule has 9 heteroatoms. The molecule has 0 saturated heterocycles. The SMILES string of the molecule is Cl.NC1(C(=O)Nc2ncn(CC(=O)NCc3ccccc3)n2)CCCCC1. The molecule has 8 nitrogen and oxygen atoms in total. The summed E-state index contributed by atoms with van der Waals surface area (Å²) in [4.78, 5) is 28.4. The van der Waals surface area contributed by atoms with Crippen LogP contribution in [0.1, 0.15) is 37.7 Å². The van der Waals surface area contributed by atoms with Crippen LogP contribution >= 0.6 is 12.4 Å². The number of anilines is 1. The van der Waals surface area contributed by atoms with E-state index in [2.05, 4.69) is 20.7 Å². The Labute approximate surface area is 164 Å². The average molecular weight is 393 g/mol. The first kappa shape index (κ1) is 20.9. The lowest BCUT2D eigenvalue weighted by Gasteiger charge is -2.31. The van der Waals surface area contributed by atoms with E-state index in [1.54, 1.807) is 0 Å². The van der Waals surface area contributed by atoms with Gasteiger partial charge >= 0.3 is 0 Å². The lowest BCUT2D eigenvalue weighted by atomic mass is 9.82. The van der Waals surface area contributed by atoms with Gasteiger partial charge in [-0.15, -0.1) is 17.5 Å². The molecule has 146 valence electrons. The zero-order valence-corrected chi connectivity index (χ0v) is 15.9. The maximum Gasteiger partial charge on any atom is 0.248 e. The largest absolute Gasteiger partial charge is 0.350 e. The van der Waals surface area contributed by atoms with Crippen LogP contribution in [0.5, 0.6) is 0 Å². The van der Waals surface area contributed by atoms with Crippen molar-refractivity contribution in [1.29, 1.82) is 0 Å². The van der Waals surface area contributed by atoms with Gasteiger partial charge in [0, 0.05) is 6.54 Å². The van der Waals surface area contributed by atoms with Crippen molar-refractivity contribution in [2.75, 3.05) is 5.32 Å². The van der Waals surface area contributed by atoms with Crippen molar-refractivity contribution in [3.05, 3.63) is 42.2 Å². The molecule has 1 aromatic carbocycles. The standard InChI is InChI=1S/C18H24N6O2.ClH/c19-18(9-5-2-6-10-18)16(26)22-17-21-13-24(23-17)12-15(25)20-11-14-7-3-1-4-8-14;/h1,3-4,7-8,13H,2,5-6,9-12,19H2,(H,20,25)(H,22,23,26);1H. The maximum absolute atomic E-state index is 12.4. The zero-order valence-electron chi connectivity index (χ0n) is 15.1. The summed E-state index contributed by atoms with van der Waals surface area (Å²) in [6.07, 6.45) is 5.77. The van der Waals surface area contributed by atoms with E-state index in [1.807, 2.05) is 30.3 Å². The number of rotatable bonds is 6. The third-order valence-corrected chi connectivity index (χ3v) is 4.60. The van der Waals surface area contributed by atoms with Gasteiger partial charge < -0.3 is 11.1 Å².